The van der Waals surface area contributed by atoms with Gasteiger partial charge in [-0.15, -0.1) is 0 Å². The lowest BCUT2D eigenvalue weighted by Gasteiger charge is -2.18. The normalized spacial score (nSPS) is 16.0. The highest BCUT2D eigenvalue weighted by atomic mass is 16.1. The van der Waals surface area contributed by atoms with Crippen molar-refractivity contribution >= 4 is 5.78 Å². The van der Waals surface area contributed by atoms with E-state index in [0.717, 1.165) is 43.9 Å². The highest BCUT2D eigenvalue weighted by molar-refractivity contribution is 5.96. The zero-order chi connectivity index (χ0) is 15.9. The van der Waals surface area contributed by atoms with E-state index in [1.54, 1.807) is 0 Å². The summed E-state index contributed by atoms with van der Waals surface area (Å²) in [5, 5.41) is 3.39. The lowest BCUT2D eigenvalue weighted by Crippen LogP contribution is -2.30. The number of hydrogen-bond donors (Lipinski definition) is 1. The molecule has 120 valence electrons. The topological polar surface area (TPSA) is 32.3 Å². The minimum Gasteiger partial charge on any atom is -0.315 e. The van der Waals surface area contributed by atoms with Crippen molar-refractivity contribution in [2.45, 2.75) is 12.8 Å². The Morgan fingerprint density at radius 1 is 0.913 bits per heavy atom. The van der Waals surface area contributed by atoms with Crippen LogP contribution in [0.1, 0.15) is 23.2 Å². The van der Waals surface area contributed by atoms with Crippen LogP contribution in [0.5, 0.6) is 0 Å². The number of Topliss-reactive ketones (excluding diaryl/α,β-unsaturated/α-hetero) is 1. The van der Waals surface area contributed by atoms with Gasteiger partial charge in [-0.25, -0.2) is 0 Å². The summed E-state index contributed by atoms with van der Waals surface area (Å²) in [4.78, 5) is 14.8. The van der Waals surface area contributed by atoms with Crippen LogP contribution in [0.2, 0.25) is 0 Å². The molecule has 3 heteroatoms. The number of nitrogens with zero attached hydrogens (tertiary/aromatic N) is 1. The van der Waals surface area contributed by atoms with E-state index in [1.807, 2.05) is 42.5 Å². The Kier molecular flexibility index (Phi) is 5.56. The Balaban J connectivity index is 1.57. The fraction of sp³-hybridized carbons (Fsp3) is 0.350. The number of benzene rings is 2. The first-order valence-electron chi connectivity index (χ1n) is 8.45. The molecule has 1 aliphatic heterocycles. The van der Waals surface area contributed by atoms with Gasteiger partial charge in [0.2, 0.25) is 0 Å². The van der Waals surface area contributed by atoms with Crippen molar-refractivity contribution in [3.8, 4) is 11.1 Å². The fourth-order valence-corrected chi connectivity index (χ4v) is 3.01. The third-order valence-corrected chi connectivity index (χ3v) is 4.40. The minimum absolute atomic E-state index is 0.238. The molecule has 0 spiro atoms. The summed E-state index contributed by atoms with van der Waals surface area (Å²) in [6.07, 6.45) is 1.77. The fourth-order valence-electron chi connectivity index (χ4n) is 3.01. The Morgan fingerprint density at radius 2 is 1.65 bits per heavy atom. The Labute approximate surface area is 138 Å². The van der Waals surface area contributed by atoms with Crippen LogP contribution in [0.4, 0.5) is 0 Å². The van der Waals surface area contributed by atoms with E-state index < -0.39 is 0 Å². The van der Waals surface area contributed by atoms with Gasteiger partial charge in [0.25, 0.3) is 0 Å². The predicted octanol–water partition coefficient (Wildman–Crippen LogP) is 3.22. The van der Waals surface area contributed by atoms with Gasteiger partial charge in [0.15, 0.2) is 5.78 Å². The molecular weight excluding hydrogens is 284 g/mol. The van der Waals surface area contributed by atoms with Crippen molar-refractivity contribution in [2.24, 2.45) is 0 Å². The van der Waals surface area contributed by atoms with Gasteiger partial charge < -0.3 is 10.2 Å². The zero-order valence-electron chi connectivity index (χ0n) is 13.5. The first-order chi connectivity index (χ1) is 11.3. The Hall–Kier alpha value is -1.97. The van der Waals surface area contributed by atoms with Crippen molar-refractivity contribution in [3.63, 3.8) is 0 Å². The van der Waals surface area contributed by atoms with Gasteiger partial charge in [-0.2, -0.15) is 0 Å². The smallest absolute Gasteiger partial charge is 0.164 e. The molecule has 23 heavy (non-hydrogen) atoms. The molecule has 1 aliphatic rings. The summed E-state index contributed by atoms with van der Waals surface area (Å²) in [6.45, 7) is 5.11. The maximum absolute atomic E-state index is 12.4. The number of carbonyl (C=O) groups is 1. The number of ketones is 1. The van der Waals surface area contributed by atoms with Crippen molar-refractivity contribution in [1.82, 2.24) is 10.2 Å². The highest BCUT2D eigenvalue weighted by Crippen LogP contribution is 2.19. The lowest BCUT2D eigenvalue weighted by atomic mass is 10.0. The molecule has 1 saturated heterocycles. The molecule has 3 nitrogen and oxygen atoms in total. The standard InChI is InChI=1S/C20H24N2O/c23-20(11-15-22-14-4-12-21-13-16-22)19-9-7-18(8-10-19)17-5-2-1-3-6-17/h1-3,5-10,21H,4,11-16H2. The second kappa shape index (κ2) is 8.04. The average molecular weight is 308 g/mol. The van der Waals surface area contributed by atoms with Crippen molar-refractivity contribution < 1.29 is 4.79 Å². The summed E-state index contributed by atoms with van der Waals surface area (Å²) in [5.41, 5.74) is 3.15. The predicted molar refractivity (Wildman–Crippen MR) is 94.8 cm³/mol. The Morgan fingerprint density at radius 3 is 2.43 bits per heavy atom. The van der Waals surface area contributed by atoms with Gasteiger partial charge in [0.1, 0.15) is 0 Å². The van der Waals surface area contributed by atoms with E-state index in [9.17, 15) is 4.79 Å². The van der Waals surface area contributed by atoms with Gasteiger partial charge in [-0.3, -0.25) is 4.79 Å². The van der Waals surface area contributed by atoms with Crippen LogP contribution in [-0.2, 0) is 0 Å². The van der Waals surface area contributed by atoms with Gasteiger partial charge in [0.05, 0.1) is 0 Å². The van der Waals surface area contributed by atoms with Crippen LogP contribution in [-0.4, -0.2) is 43.4 Å². The first-order valence-corrected chi connectivity index (χ1v) is 8.45. The SMILES string of the molecule is O=C(CCN1CCCNCC1)c1ccc(-c2ccccc2)cc1. The summed E-state index contributed by atoms with van der Waals surface area (Å²) < 4.78 is 0. The quantitative estimate of drug-likeness (QED) is 0.861. The van der Waals surface area contributed by atoms with E-state index in [-0.39, 0.29) is 5.78 Å². The van der Waals surface area contributed by atoms with Crippen LogP contribution in [0, 0.1) is 0 Å². The van der Waals surface area contributed by atoms with Crippen LogP contribution in [0.25, 0.3) is 11.1 Å². The van der Waals surface area contributed by atoms with E-state index in [4.69, 9.17) is 0 Å². The molecule has 0 bridgehead atoms. The maximum atomic E-state index is 12.4. The summed E-state index contributed by atoms with van der Waals surface area (Å²) in [5.74, 6) is 0.238. The number of hydrogen-bond acceptors (Lipinski definition) is 3. The molecule has 0 radical (unpaired) electrons. The lowest BCUT2D eigenvalue weighted by molar-refractivity contribution is 0.0965. The van der Waals surface area contributed by atoms with E-state index in [0.29, 0.717) is 6.42 Å². The molecule has 0 aromatic heterocycles. The highest BCUT2D eigenvalue weighted by Gasteiger charge is 2.12. The molecule has 0 amide bonds. The molecule has 2 aromatic carbocycles. The summed E-state index contributed by atoms with van der Waals surface area (Å²) in [7, 11) is 0. The Bertz CT molecular complexity index is 614. The van der Waals surface area contributed by atoms with Crippen molar-refractivity contribution in [2.75, 3.05) is 32.7 Å². The van der Waals surface area contributed by atoms with Crippen molar-refractivity contribution in [3.05, 3.63) is 60.2 Å². The van der Waals surface area contributed by atoms with E-state index in [2.05, 4.69) is 22.3 Å². The molecular formula is C20H24N2O. The summed E-state index contributed by atoms with van der Waals surface area (Å²) >= 11 is 0. The van der Waals surface area contributed by atoms with E-state index >= 15 is 0 Å². The molecule has 2 aromatic rings. The molecule has 0 atom stereocenters. The molecule has 0 unspecified atom stereocenters. The molecule has 0 saturated carbocycles. The van der Waals surface area contributed by atoms with Crippen LogP contribution in [0.3, 0.4) is 0 Å². The van der Waals surface area contributed by atoms with E-state index in [1.165, 1.54) is 12.0 Å². The van der Waals surface area contributed by atoms with Gasteiger partial charge >= 0.3 is 0 Å². The zero-order valence-corrected chi connectivity index (χ0v) is 13.5. The molecule has 1 fully saturated rings. The van der Waals surface area contributed by atoms with Gasteiger partial charge in [-0.05, 0) is 30.6 Å². The first kappa shape index (κ1) is 15.9. The van der Waals surface area contributed by atoms with Gasteiger partial charge in [0, 0.05) is 31.6 Å². The summed E-state index contributed by atoms with van der Waals surface area (Å²) in [6, 6.07) is 18.2. The maximum Gasteiger partial charge on any atom is 0.164 e. The number of carbonyl (C=O) groups excluding carboxylic acids is 1. The number of nitrogens with one attached hydrogen (secondary N) is 1. The largest absolute Gasteiger partial charge is 0.315 e. The molecule has 1 N–H and O–H groups in total. The van der Waals surface area contributed by atoms with Crippen LogP contribution >= 0.6 is 0 Å². The third kappa shape index (κ3) is 4.50. The van der Waals surface area contributed by atoms with Gasteiger partial charge in [-0.1, -0.05) is 54.6 Å². The second-order valence-corrected chi connectivity index (χ2v) is 6.06. The van der Waals surface area contributed by atoms with Crippen molar-refractivity contribution in [1.29, 1.82) is 0 Å². The van der Waals surface area contributed by atoms with Crippen LogP contribution in [0.15, 0.2) is 54.6 Å². The van der Waals surface area contributed by atoms with Crippen LogP contribution < -0.4 is 5.32 Å². The average Bonchev–Trinajstić information content (AvgIpc) is 2.89. The number of rotatable bonds is 5. The molecule has 0 aliphatic carbocycles. The molecule has 3 rings (SSSR count). The molecule has 1 heterocycles. The second-order valence-electron chi connectivity index (χ2n) is 6.06. The third-order valence-electron chi connectivity index (χ3n) is 4.40. The monoisotopic (exact) mass is 308 g/mol. The minimum atomic E-state index is 0.238.